The molecule has 1 aromatic rings. The lowest BCUT2D eigenvalue weighted by atomic mass is 9.94. The van der Waals surface area contributed by atoms with Gasteiger partial charge < -0.3 is 5.32 Å². The molecular formula is C13H18F3N. The smallest absolute Gasteiger partial charge is 0.194 e. The minimum atomic E-state index is -1.38. The predicted molar refractivity (Wildman–Crippen MR) is 62.5 cm³/mol. The van der Waals surface area contributed by atoms with Crippen LogP contribution in [0.1, 0.15) is 38.7 Å². The highest BCUT2D eigenvalue weighted by Crippen LogP contribution is 2.26. The fourth-order valence-electron chi connectivity index (χ4n) is 2.01. The summed E-state index contributed by atoms with van der Waals surface area (Å²) in [6.07, 6.45) is 0.676. The van der Waals surface area contributed by atoms with Crippen molar-refractivity contribution in [1.29, 1.82) is 0 Å². The molecule has 1 aromatic carbocycles. The Morgan fingerprint density at radius 1 is 1.12 bits per heavy atom. The van der Waals surface area contributed by atoms with Crippen LogP contribution in [0.15, 0.2) is 12.1 Å². The normalized spacial score (nSPS) is 14.7. The van der Waals surface area contributed by atoms with Crippen LogP contribution in [0.2, 0.25) is 0 Å². The molecule has 0 aliphatic heterocycles. The summed E-state index contributed by atoms with van der Waals surface area (Å²) in [6.45, 7) is 6.61. The van der Waals surface area contributed by atoms with E-state index in [1.54, 1.807) is 0 Å². The summed E-state index contributed by atoms with van der Waals surface area (Å²) in [7, 11) is 0. The van der Waals surface area contributed by atoms with Gasteiger partial charge in [0, 0.05) is 6.04 Å². The van der Waals surface area contributed by atoms with E-state index in [4.69, 9.17) is 0 Å². The molecule has 96 valence electrons. The molecule has 0 amide bonds. The van der Waals surface area contributed by atoms with E-state index in [2.05, 4.69) is 5.32 Å². The second-order valence-electron chi connectivity index (χ2n) is 4.36. The summed E-state index contributed by atoms with van der Waals surface area (Å²) in [5.41, 5.74) is 0.230. The summed E-state index contributed by atoms with van der Waals surface area (Å²) in [5, 5.41) is 3.20. The summed E-state index contributed by atoms with van der Waals surface area (Å²) >= 11 is 0. The van der Waals surface area contributed by atoms with Gasteiger partial charge in [-0.3, -0.25) is 0 Å². The van der Waals surface area contributed by atoms with Crippen molar-refractivity contribution in [2.24, 2.45) is 0 Å². The van der Waals surface area contributed by atoms with Crippen LogP contribution < -0.4 is 5.32 Å². The Kier molecular flexibility index (Phi) is 5.00. The molecule has 0 fully saturated rings. The van der Waals surface area contributed by atoms with Crippen molar-refractivity contribution >= 4 is 0 Å². The number of benzene rings is 1. The molecule has 1 N–H and O–H groups in total. The fourth-order valence-corrected chi connectivity index (χ4v) is 2.01. The monoisotopic (exact) mass is 245 g/mol. The minimum absolute atomic E-state index is 0.154. The van der Waals surface area contributed by atoms with Gasteiger partial charge >= 0.3 is 0 Å². The van der Waals surface area contributed by atoms with Gasteiger partial charge in [-0.1, -0.05) is 19.9 Å². The van der Waals surface area contributed by atoms with Crippen molar-refractivity contribution in [3.8, 4) is 0 Å². The van der Waals surface area contributed by atoms with Crippen molar-refractivity contribution in [3.05, 3.63) is 35.1 Å². The first-order valence-corrected chi connectivity index (χ1v) is 5.84. The van der Waals surface area contributed by atoms with Crippen molar-refractivity contribution in [2.45, 2.75) is 39.2 Å². The van der Waals surface area contributed by atoms with Gasteiger partial charge in [0.25, 0.3) is 0 Å². The van der Waals surface area contributed by atoms with E-state index >= 15 is 0 Å². The third kappa shape index (κ3) is 3.46. The molecule has 0 saturated heterocycles. The van der Waals surface area contributed by atoms with Crippen LogP contribution in [0.3, 0.4) is 0 Å². The molecule has 2 atom stereocenters. The number of halogens is 3. The number of nitrogens with one attached hydrogen (secondary N) is 1. The Balaban J connectivity index is 2.82. The third-order valence-electron chi connectivity index (χ3n) is 2.86. The van der Waals surface area contributed by atoms with E-state index in [1.165, 1.54) is 6.07 Å². The topological polar surface area (TPSA) is 12.0 Å². The Hall–Kier alpha value is -1.03. The largest absolute Gasteiger partial charge is 0.315 e. The average molecular weight is 245 g/mol. The zero-order valence-corrected chi connectivity index (χ0v) is 10.4. The van der Waals surface area contributed by atoms with Crippen molar-refractivity contribution in [3.63, 3.8) is 0 Å². The number of hydrogen-bond acceptors (Lipinski definition) is 1. The zero-order valence-electron chi connectivity index (χ0n) is 10.4. The lowest BCUT2D eigenvalue weighted by molar-refractivity contribution is 0.426. The maximum absolute atomic E-state index is 13.5. The van der Waals surface area contributed by atoms with Gasteiger partial charge in [-0.15, -0.1) is 0 Å². The van der Waals surface area contributed by atoms with Crippen LogP contribution >= 0.6 is 0 Å². The average Bonchev–Trinajstić information content (AvgIpc) is 2.26. The van der Waals surface area contributed by atoms with Crippen LogP contribution in [0.5, 0.6) is 0 Å². The summed E-state index contributed by atoms with van der Waals surface area (Å²) in [6, 6.07) is 2.50. The van der Waals surface area contributed by atoms with E-state index in [9.17, 15) is 13.2 Å². The minimum Gasteiger partial charge on any atom is -0.315 e. The van der Waals surface area contributed by atoms with Crippen LogP contribution in [0, 0.1) is 17.5 Å². The second kappa shape index (κ2) is 6.05. The van der Waals surface area contributed by atoms with Crippen LogP contribution in [-0.4, -0.2) is 12.6 Å². The first-order valence-electron chi connectivity index (χ1n) is 5.84. The SMILES string of the molecule is CCNC(C)CC(C)c1ccc(F)c(F)c1F. The van der Waals surface area contributed by atoms with Crippen LogP contribution in [0.4, 0.5) is 13.2 Å². The molecule has 1 rings (SSSR count). The summed E-state index contributed by atoms with van der Waals surface area (Å²) in [5.74, 6) is -3.75. The molecule has 4 heteroatoms. The molecule has 0 bridgehead atoms. The van der Waals surface area contributed by atoms with Gasteiger partial charge in [-0.2, -0.15) is 0 Å². The van der Waals surface area contributed by atoms with E-state index in [0.29, 0.717) is 6.42 Å². The van der Waals surface area contributed by atoms with Crippen molar-refractivity contribution in [1.82, 2.24) is 5.32 Å². The molecule has 0 aliphatic carbocycles. The van der Waals surface area contributed by atoms with E-state index in [-0.39, 0.29) is 17.5 Å². The Morgan fingerprint density at radius 2 is 1.76 bits per heavy atom. The van der Waals surface area contributed by atoms with Crippen molar-refractivity contribution < 1.29 is 13.2 Å². The molecule has 17 heavy (non-hydrogen) atoms. The Bertz CT molecular complexity index is 379. The Labute approximate surface area is 100 Å². The first kappa shape index (κ1) is 14.0. The summed E-state index contributed by atoms with van der Waals surface area (Å²) in [4.78, 5) is 0. The molecule has 0 aromatic heterocycles. The van der Waals surface area contributed by atoms with E-state index in [0.717, 1.165) is 12.6 Å². The molecule has 0 spiro atoms. The summed E-state index contributed by atoms with van der Waals surface area (Å²) < 4.78 is 39.4. The molecule has 0 saturated carbocycles. The van der Waals surface area contributed by atoms with Gasteiger partial charge in [0.2, 0.25) is 0 Å². The number of hydrogen-bond donors (Lipinski definition) is 1. The molecular weight excluding hydrogens is 227 g/mol. The fraction of sp³-hybridized carbons (Fsp3) is 0.538. The van der Waals surface area contributed by atoms with Crippen molar-refractivity contribution in [2.75, 3.05) is 6.54 Å². The highest BCUT2D eigenvalue weighted by Gasteiger charge is 2.19. The van der Waals surface area contributed by atoms with Crippen LogP contribution in [-0.2, 0) is 0 Å². The quantitative estimate of drug-likeness (QED) is 0.782. The maximum atomic E-state index is 13.5. The predicted octanol–water partition coefficient (Wildman–Crippen LogP) is 3.60. The zero-order chi connectivity index (χ0) is 13.0. The molecule has 1 nitrogen and oxygen atoms in total. The lowest BCUT2D eigenvalue weighted by Crippen LogP contribution is -2.27. The van der Waals surface area contributed by atoms with Gasteiger partial charge in [-0.05, 0) is 37.4 Å². The third-order valence-corrected chi connectivity index (χ3v) is 2.86. The molecule has 0 aliphatic rings. The van der Waals surface area contributed by atoms with Crippen LogP contribution in [0.25, 0.3) is 0 Å². The molecule has 0 radical (unpaired) electrons. The lowest BCUT2D eigenvalue weighted by Gasteiger charge is -2.19. The molecule has 2 unspecified atom stereocenters. The number of rotatable bonds is 5. The van der Waals surface area contributed by atoms with Gasteiger partial charge in [0.15, 0.2) is 17.5 Å². The standard InChI is InChI=1S/C13H18F3N/c1-4-17-9(3)7-8(2)10-5-6-11(14)13(16)12(10)15/h5-6,8-9,17H,4,7H2,1-3H3. The van der Waals surface area contributed by atoms with E-state index in [1.807, 2.05) is 20.8 Å². The first-order chi connectivity index (χ1) is 7.97. The van der Waals surface area contributed by atoms with Gasteiger partial charge in [0.05, 0.1) is 0 Å². The maximum Gasteiger partial charge on any atom is 0.194 e. The van der Waals surface area contributed by atoms with E-state index < -0.39 is 17.5 Å². The highest BCUT2D eigenvalue weighted by atomic mass is 19.2. The van der Waals surface area contributed by atoms with Gasteiger partial charge in [0.1, 0.15) is 0 Å². The second-order valence-corrected chi connectivity index (χ2v) is 4.36. The molecule has 0 heterocycles. The Morgan fingerprint density at radius 3 is 2.35 bits per heavy atom. The van der Waals surface area contributed by atoms with Gasteiger partial charge in [-0.25, -0.2) is 13.2 Å². The highest BCUT2D eigenvalue weighted by molar-refractivity contribution is 5.23.